The molecule has 1 N–H and O–H groups in total. The Morgan fingerprint density at radius 2 is 2.35 bits per heavy atom. The van der Waals surface area contributed by atoms with Crippen LogP contribution in [0.2, 0.25) is 0 Å². The molecule has 1 amide bonds. The quantitative estimate of drug-likeness (QED) is 0.893. The SMILES string of the molecule is CC(C(=O)N1CCC(C(=O)O)C1)c1ccsc1. The molecule has 1 fully saturated rings. The maximum absolute atomic E-state index is 12.1. The fraction of sp³-hybridized carbons (Fsp3) is 0.500. The average molecular weight is 253 g/mol. The molecule has 1 saturated heterocycles. The minimum absolute atomic E-state index is 0.0344. The summed E-state index contributed by atoms with van der Waals surface area (Å²) in [6, 6.07) is 1.94. The van der Waals surface area contributed by atoms with Crippen molar-refractivity contribution in [3.05, 3.63) is 22.4 Å². The predicted molar refractivity (Wildman–Crippen MR) is 65.1 cm³/mol. The Labute approximate surface area is 104 Å². The number of nitrogens with zero attached hydrogens (tertiary/aromatic N) is 1. The van der Waals surface area contributed by atoms with Crippen LogP contribution in [0.25, 0.3) is 0 Å². The summed E-state index contributed by atoms with van der Waals surface area (Å²) in [5.74, 6) is -1.34. The molecule has 5 heteroatoms. The average Bonchev–Trinajstić information content (AvgIpc) is 2.97. The van der Waals surface area contributed by atoms with Crippen LogP contribution in [-0.4, -0.2) is 35.0 Å². The van der Waals surface area contributed by atoms with E-state index in [4.69, 9.17) is 5.11 Å². The van der Waals surface area contributed by atoms with E-state index in [1.54, 1.807) is 16.2 Å². The van der Waals surface area contributed by atoms with Gasteiger partial charge in [0, 0.05) is 13.1 Å². The van der Waals surface area contributed by atoms with E-state index in [9.17, 15) is 9.59 Å². The highest BCUT2D eigenvalue weighted by molar-refractivity contribution is 7.08. The molecule has 1 aliphatic rings. The van der Waals surface area contributed by atoms with Gasteiger partial charge in [0.15, 0.2) is 0 Å². The van der Waals surface area contributed by atoms with E-state index >= 15 is 0 Å². The van der Waals surface area contributed by atoms with Gasteiger partial charge >= 0.3 is 5.97 Å². The summed E-state index contributed by atoms with van der Waals surface area (Å²) in [7, 11) is 0. The topological polar surface area (TPSA) is 57.6 Å². The van der Waals surface area contributed by atoms with Gasteiger partial charge in [-0.1, -0.05) is 0 Å². The molecule has 2 unspecified atom stereocenters. The number of amides is 1. The van der Waals surface area contributed by atoms with Crippen LogP contribution < -0.4 is 0 Å². The molecule has 0 saturated carbocycles. The van der Waals surface area contributed by atoms with Gasteiger partial charge in [0.25, 0.3) is 0 Å². The third-order valence-corrected chi connectivity index (χ3v) is 3.96. The smallest absolute Gasteiger partial charge is 0.308 e. The van der Waals surface area contributed by atoms with Gasteiger partial charge in [-0.3, -0.25) is 9.59 Å². The van der Waals surface area contributed by atoms with Crippen molar-refractivity contribution in [2.75, 3.05) is 13.1 Å². The van der Waals surface area contributed by atoms with Crippen LogP contribution >= 0.6 is 11.3 Å². The van der Waals surface area contributed by atoms with E-state index in [2.05, 4.69) is 0 Å². The number of carbonyl (C=O) groups is 2. The molecule has 1 aromatic rings. The second kappa shape index (κ2) is 4.87. The van der Waals surface area contributed by atoms with Gasteiger partial charge in [-0.15, -0.1) is 0 Å². The third kappa shape index (κ3) is 2.49. The van der Waals surface area contributed by atoms with Crippen LogP contribution in [-0.2, 0) is 9.59 Å². The second-order valence-corrected chi connectivity index (χ2v) is 5.17. The van der Waals surface area contributed by atoms with Gasteiger partial charge in [-0.2, -0.15) is 11.3 Å². The van der Waals surface area contributed by atoms with Gasteiger partial charge in [0.1, 0.15) is 0 Å². The molecule has 0 aliphatic carbocycles. The first kappa shape index (κ1) is 12.1. The van der Waals surface area contributed by atoms with Gasteiger partial charge in [-0.05, 0) is 35.7 Å². The van der Waals surface area contributed by atoms with Crippen LogP contribution in [0.1, 0.15) is 24.8 Å². The predicted octanol–water partition coefficient (Wildman–Crippen LogP) is 1.78. The summed E-state index contributed by atoms with van der Waals surface area (Å²) in [4.78, 5) is 24.6. The van der Waals surface area contributed by atoms with Gasteiger partial charge in [0.2, 0.25) is 5.91 Å². The number of hydrogen-bond acceptors (Lipinski definition) is 3. The van der Waals surface area contributed by atoms with Crippen LogP contribution in [0, 0.1) is 5.92 Å². The minimum Gasteiger partial charge on any atom is -0.481 e. The lowest BCUT2D eigenvalue weighted by atomic mass is 10.0. The molecule has 17 heavy (non-hydrogen) atoms. The van der Waals surface area contributed by atoms with E-state index in [1.165, 1.54) is 0 Å². The van der Waals surface area contributed by atoms with E-state index in [0.717, 1.165) is 5.56 Å². The minimum atomic E-state index is -0.802. The standard InChI is InChI=1S/C12H15NO3S/c1-8(10-3-5-17-7-10)11(14)13-4-2-9(6-13)12(15)16/h3,5,7-9H,2,4,6H2,1H3,(H,15,16). The number of aliphatic carboxylic acids is 1. The zero-order valence-electron chi connectivity index (χ0n) is 9.63. The number of hydrogen-bond donors (Lipinski definition) is 1. The Balaban J connectivity index is 2.00. The van der Waals surface area contributed by atoms with E-state index in [1.807, 2.05) is 23.8 Å². The highest BCUT2D eigenvalue weighted by Crippen LogP contribution is 2.24. The maximum atomic E-state index is 12.1. The van der Waals surface area contributed by atoms with Crippen molar-refractivity contribution in [2.24, 2.45) is 5.92 Å². The first-order valence-electron chi connectivity index (χ1n) is 5.63. The second-order valence-electron chi connectivity index (χ2n) is 4.39. The number of thiophene rings is 1. The van der Waals surface area contributed by atoms with Gasteiger partial charge in [-0.25, -0.2) is 0 Å². The monoisotopic (exact) mass is 253 g/mol. The molecule has 2 atom stereocenters. The maximum Gasteiger partial charge on any atom is 0.308 e. The van der Waals surface area contributed by atoms with E-state index in [-0.39, 0.29) is 11.8 Å². The van der Waals surface area contributed by atoms with Gasteiger partial charge in [0.05, 0.1) is 11.8 Å². The normalized spacial score (nSPS) is 21.5. The number of likely N-dealkylation sites (tertiary alicyclic amines) is 1. The molecule has 2 rings (SSSR count). The molecule has 4 nitrogen and oxygen atoms in total. The summed E-state index contributed by atoms with van der Waals surface area (Å²) in [5.41, 5.74) is 1.01. The number of carboxylic acid groups (broad SMARTS) is 1. The zero-order valence-corrected chi connectivity index (χ0v) is 10.4. The summed E-state index contributed by atoms with van der Waals surface area (Å²) < 4.78 is 0. The third-order valence-electron chi connectivity index (χ3n) is 3.26. The Hall–Kier alpha value is -1.36. The fourth-order valence-electron chi connectivity index (χ4n) is 2.10. The molecule has 1 aliphatic heterocycles. The molecule has 0 spiro atoms. The highest BCUT2D eigenvalue weighted by atomic mass is 32.1. The Kier molecular flexibility index (Phi) is 3.47. The van der Waals surface area contributed by atoms with Crippen LogP contribution in [0.3, 0.4) is 0 Å². The van der Waals surface area contributed by atoms with Gasteiger partial charge < -0.3 is 10.0 Å². The molecule has 0 radical (unpaired) electrons. The first-order valence-corrected chi connectivity index (χ1v) is 6.57. The van der Waals surface area contributed by atoms with Crippen LogP contribution in [0.4, 0.5) is 0 Å². The summed E-state index contributed by atoms with van der Waals surface area (Å²) in [5, 5.41) is 12.8. The number of rotatable bonds is 3. The molecule has 1 aromatic heterocycles. The molecule has 92 valence electrons. The lowest BCUT2D eigenvalue weighted by Crippen LogP contribution is -2.33. The Morgan fingerprint density at radius 3 is 2.88 bits per heavy atom. The molecule has 0 bridgehead atoms. The molecule has 2 heterocycles. The van der Waals surface area contributed by atoms with Crippen molar-refractivity contribution in [2.45, 2.75) is 19.3 Å². The summed E-state index contributed by atoms with van der Waals surface area (Å²) in [6.07, 6.45) is 0.567. The van der Waals surface area contributed by atoms with E-state index in [0.29, 0.717) is 19.5 Å². The van der Waals surface area contributed by atoms with Crippen molar-refractivity contribution in [3.8, 4) is 0 Å². The number of carboxylic acids is 1. The lowest BCUT2D eigenvalue weighted by molar-refractivity contribution is -0.141. The van der Waals surface area contributed by atoms with Crippen molar-refractivity contribution in [1.29, 1.82) is 0 Å². The van der Waals surface area contributed by atoms with Crippen molar-refractivity contribution in [1.82, 2.24) is 4.90 Å². The van der Waals surface area contributed by atoms with Crippen LogP contribution in [0.5, 0.6) is 0 Å². The first-order chi connectivity index (χ1) is 8.09. The number of carbonyl (C=O) groups excluding carboxylic acids is 1. The molecular weight excluding hydrogens is 238 g/mol. The Bertz CT molecular complexity index is 415. The molecule has 0 aromatic carbocycles. The summed E-state index contributed by atoms with van der Waals surface area (Å²) in [6.45, 7) is 2.78. The van der Waals surface area contributed by atoms with E-state index < -0.39 is 11.9 Å². The largest absolute Gasteiger partial charge is 0.481 e. The van der Waals surface area contributed by atoms with Crippen LogP contribution in [0.15, 0.2) is 16.8 Å². The van der Waals surface area contributed by atoms with Crippen molar-refractivity contribution in [3.63, 3.8) is 0 Å². The lowest BCUT2D eigenvalue weighted by Gasteiger charge is -2.20. The zero-order chi connectivity index (χ0) is 12.4. The van der Waals surface area contributed by atoms with Crippen molar-refractivity contribution >= 4 is 23.2 Å². The highest BCUT2D eigenvalue weighted by Gasteiger charge is 2.33. The molecular formula is C12H15NO3S. The summed E-state index contributed by atoms with van der Waals surface area (Å²) >= 11 is 1.57. The Morgan fingerprint density at radius 1 is 1.59 bits per heavy atom. The fourth-order valence-corrected chi connectivity index (χ4v) is 2.85. The van der Waals surface area contributed by atoms with Crippen molar-refractivity contribution < 1.29 is 14.7 Å².